The number of rotatable bonds is 0. The van der Waals surface area contributed by atoms with Crippen molar-refractivity contribution in [2.75, 3.05) is 0 Å². The number of aromatic amines is 1. The standard InChI is InChI=1S/C11H6N2O/c1-2-4-7-6(3-1)5-8-10-9(7)11(14-8)13-12-10/h1-5H,(H,12,13). The number of fused-ring (bicyclic) bond motifs is 1. The first-order valence-corrected chi connectivity index (χ1v) is 4.51. The number of benzene rings is 2. The molecule has 0 saturated carbocycles. The van der Waals surface area contributed by atoms with Gasteiger partial charge in [-0.15, -0.1) is 5.10 Å². The molecule has 2 aromatic carbocycles. The van der Waals surface area contributed by atoms with Crippen LogP contribution in [0, 0.1) is 0 Å². The Balaban J connectivity index is 2.52. The van der Waals surface area contributed by atoms with Crippen molar-refractivity contribution in [3.8, 4) is 0 Å². The Labute approximate surface area is 78.6 Å². The van der Waals surface area contributed by atoms with Gasteiger partial charge in [0.1, 0.15) is 5.52 Å². The van der Waals surface area contributed by atoms with Crippen LogP contribution in [-0.2, 0) is 0 Å². The van der Waals surface area contributed by atoms with E-state index in [0.29, 0.717) is 5.71 Å². The van der Waals surface area contributed by atoms with Crippen molar-refractivity contribution in [3.63, 3.8) is 0 Å². The highest BCUT2D eigenvalue weighted by Crippen LogP contribution is 2.35. The second-order valence-electron chi connectivity index (χ2n) is 3.48. The van der Waals surface area contributed by atoms with Gasteiger partial charge in [-0.2, -0.15) is 0 Å². The summed E-state index contributed by atoms with van der Waals surface area (Å²) in [6, 6.07) is 10.3. The predicted octanol–water partition coefficient (Wildman–Crippen LogP) is 2.90. The van der Waals surface area contributed by atoms with Crippen LogP contribution in [0.1, 0.15) is 0 Å². The van der Waals surface area contributed by atoms with E-state index >= 15 is 0 Å². The topological polar surface area (TPSA) is 41.8 Å². The summed E-state index contributed by atoms with van der Waals surface area (Å²) in [6.07, 6.45) is 0. The first-order chi connectivity index (χ1) is 6.93. The summed E-state index contributed by atoms with van der Waals surface area (Å²) in [7, 11) is 0. The molecule has 3 heteroatoms. The van der Waals surface area contributed by atoms with E-state index in [-0.39, 0.29) is 0 Å². The summed E-state index contributed by atoms with van der Waals surface area (Å²) in [4.78, 5) is 0. The van der Waals surface area contributed by atoms with E-state index in [2.05, 4.69) is 22.3 Å². The van der Waals surface area contributed by atoms with Gasteiger partial charge < -0.3 is 4.42 Å². The fourth-order valence-electron chi connectivity index (χ4n) is 2.08. The minimum Gasteiger partial charge on any atom is -0.435 e. The molecule has 3 nitrogen and oxygen atoms in total. The van der Waals surface area contributed by atoms with Crippen LogP contribution in [-0.4, -0.2) is 10.2 Å². The largest absolute Gasteiger partial charge is 0.435 e. The van der Waals surface area contributed by atoms with Gasteiger partial charge in [0.2, 0.25) is 5.71 Å². The molecule has 0 fully saturated rings. The number of aromatic nitrogens is 2. The fourth-order valence-corrected chi connectivity index (χ4v) is 2.08. The van der Waals surface area contributed by atoms with E-state index < -0.39 is 0 Å². The van der Waals surface area contributed by atoms with Crippen LogP contribution in [0.2, 0.25) is 0 Å². The van der Waals surface area contributed by atoms with Crippen molar-refractivity contribution >= 4 is 33.0 Å². The molecule has 4 aromatic rings. The van der Waals surface area contributed by atoms with Crippen LogP contribution in [0.15, 0.2) is 34.7 Å². The Morgan fingerprint density at radius 2 is 2.14 bits per heavy atom. The first-order valence-electron chi connectivity index (χ1n) is 4.51. The van der Waals surface area contributed by atoms with Crippen LogP contribution in [0.5, 0.6) is 0 Å². The molecular formula is C11H6N2O. The van der Waals surface area contributed by atoms with Crippen molar-refractivity contribution in [1.82, 2.24) is 10.2 Å². The summed E-state index contributed by atoms with van der Waals surface area (Å²) in [5, 5.41) is 10.6. The normalized spacial score (nSPS) is 12.3. The summed E-state index contributed by atoms with van der Waals surface area (Å²) < 4.78 is 5.54. The lowest BCUT2D eigenvalue weighted by atomic mass is 10.1. The molecule has 0 amide bonds. The Hall–Kier alpha value is -2.03. The van der Waals surface area contributed by atoms with E-state index in [1.807, 2.05) is 18.2 Å². The van der Waals surface area contributed by atoms with E-state index in [9.17, 15) is 0 Å². The van der Waals surface area contributed by atoms with E-state index in [4.69, 9.17) is 4.42 Å². The lowest BCUT2D eigenvalue weighted by Gasteiger charge is -1.94. The molecule has 4 bridgehead atoms. The molecule has 1 N–H and O–H groups in total. The molecule has 0 spiro atoms. The Morgan fingerprint density at radius 3 is 3.14 bits per heavy atom. The van der Waals surface area contributed by atoms with Crippen LogP contribution < -0.4 is 0 Å². The Bertz CT molecular complexity index is 734. The number of furan rings is 1. The van der Waals surface area contributed by atoms with Crippen molar-refractivity contribution in [1.29, 1.82) is 0 Å². The molecule has 66 valence electrons. The predicted molar refractivity (Wildman–Crippen MR) is 54.6 cm³/mol. The molecular weight excluding hydrogens is 176 g/mol. The van der Waals surface area contributed by atoms with Crippen molar-refractivity contribution in [3.05, 3.63) is 30.3 Å². The SMILES string of the molecule is c1ccc2c(c1)cc1oc3n[nH]c1c32. The zero-order valence-electron chi connectivity index (χ0n) is 7.24. The third-order valence-electron chi connectivity index (χ3n) is 2.70. The van der Waals surface area contributed by atoms with Crippen molar-refractivity contribution in [2.45, 2.75) is 0 Å². The summed E-state index contributed by atoms with van der Waals surface area (Å²) in [5.41, 5.74) is 2.61. The molecule has 0 aliphatic carbocycles. The maximum Gasteiger partial charge on any atom is 0.246 e. The van der Waals surface area contributed by atoms with Crippen molar-refractivity contribution < 1.29 is 4.42 Å². The van der Waals surface area contributed by atoms with Gasteiger partial charge in [0, 0.05) is 0 Å². The summed E-state index contributed by atoms with van der Waals surface area (Å²) in [6.45, 7) is 0. The average Bonchev–Trinajstić information content (AvgIpc) is 2.73. The Kier molecular flexibility index (Phi) is 0.871. The van der Waals surface area contributed by atoms with E-state index in [1.165, 1.54) is 10.8 Å². The highest BCUT2D eigenvalue weighted by Gasteiger charge is 2.15. The minimum absolute atomic E-state index is 0.705. The minimum atomic E-state index is 0.705. The average molecular weight is 182 g/mol. The highest BCUT2D eigenvalue weighted by molar-refractivity contribution is 6.19. The monoisotopic (exact) mass is 182 g/mol. The second-order valence-corrected chi connectivity index (χ2v) is 3.48. The zero-order valence-corrected chi connectivity index (χ0v) is 7.24. The summed E-state index contributed by atoms with van der Waals surface area (Å²) >= 11 is 0. The molecule has 14 heavy (non-hydrogen) atoms. The third-order valence-corrected chi connectivity index (χ3v) is 2.70. The van der Waals surface area contributed by atoms with E-state index in [0.717, 1.165) is 16.5 Å². The molecule has 0 atom stereocenters. The molecule has 2 heterocycles. The lowest BCUT2D eigenvalue weighted by Crippen LogP contribution is -1.74. The number of hydrogen-bond acceptors (Lipinski definition) is 2. The van der Waals surface area contributed by atoms with Gasteiger partial charge in [0.15, 0.2) is 5.58 Å². The van der Waals surface area contributed by atoms with Crippen molar-refractivity contribution in [2.24, 2.45) is 0 Å². The zero-order chi connectivity index (χ0) is 9.12. The summed E-state index contributed by atoms with van der Waals surface area (Å²) in [5.74, 6) is 0. The van der Waals surface area contributed by atoms with Gasteiger partial charge >= 0.3 is 0 Å². The highest BCUT2D eigenvalue weighted by atomic mass is 16.3. The lowest BCUT2D eigenvalue weighted by molar-refractivity contribution is 0.641. The Morgan fingerprint density at radius 1 is 1.21 bits per heavy atom. The molecule has 0 unspecified atom stereocenters. The first kappa shape index (κ1) is 6.43. The van der Waals surface area contributed by atoms with Crippen LogP contribution in [0.25, 0.3) is 33.0 Å². The molecule has 0 aliphatic rings. The smallest absolute Gasteiger partial charge is 0.246 e. The maximum atomic E-state index is 5.54. The number of H-pyrrole nitrogens is 1. The van der Waals surface area contributed by atoms with Gasteiger partial charge in [-0.05, 0) is 16.8 Å². The maximum absolute atomic E-state index is 5.54. The second kappa shape index (κ2) is 1.90. The van der Waals surface area contributed by atoms with Gasteiger partial charge in [0.05, 0.1) is 5.39 Å². The van der Waals surface area contributed by atoms with Gasteiger partial charge in [-0.25, -0.2) is 0 Å². The number of nitrogens with one attached hydrogen (secondary N) is 1. The molecule has 0 aliphatic heterocycles. The van der Waals surface area contributed by atoms with Crippen LogP contribution in [0.3, 0.4) is 0 Å². The fraction of sp³-hybridized carbons (Fsp3) is 0. The molecule has 4 rings (SSSR count). The van der Waals surface area contributed by atoms with Gasteiger partial charge in [-0.1, -0.05) is 24.3 Å². The molecule has 2 aromatic heterocycles. The number of hydrogen-bond donors (Lipinski definition) is 1. The van der Waals surface area contributed by atoms with Crippen LogP contribution >= 0.6 is 0 Å². The van der Waals surface area contributed by atoms with Gasteiger partial charge in [-0.3, -0.25) is 5.10 Å². The quantitative estimate of drug-likeness (QED) is 0.425. The molecule has 0 saturated heterocycles. The third kappa shape index (κ3) is 0.556. The van der Waals surface area contributed by atoms with E-state index in [1.54, 1.807) is 0 Å². The molecule has 0 radical (unpaired) electrons. The van der Waals surface area contributed by atoms with Crippen LogP contribution in [0.4, 0.5) is 0 Å². The van der Waals surface area contributed by atoms with Gasteiger partial charge in [0.25, 0.3) is 0 Å². The number of nitrogens with zero attached hydrogens (tertiary/aromatic N) is 1.